The highest BCUT2D eigenvalue weighted by atomic mass is 16.7. The second-order valence-corrected chi connectivity index (χ2v) is 14.4. The van der Waals surface area contributed by atoms with Crippen LogP contribution in [0.4, 0.5) is 0 Å². The first-order chi connectivity index (χ1) is 25.6. The van der Waals surface area contributed by atoms with Gasteiger partial charge in [-0.25, -0.2) is 0 Å². The van der Waals surface area contributed by atoms with Crippen LogP contribution in [0.1, 0.15) is 143 Å². The first-order valence-electron chi connectivity index (χ1n) is 19.7. The molecule has 1 aliphatic rings. The van der Waals surface area contributed by atoms with Crippen LogP contribution in [0.3, 0.4) is 0 Å². The molecule has 16 heteroatoms. The number of carboxylic acid groups (broad SMARTS) is 1. The minimum absolute atomic E-state index is 0.0109. The molecule has 0 spiro atoms. The topological polar surface area (TPSA) is 256 Å². The number of ether oxygens (including phenoxy) is 5. The minimum atomic E-state index is -1.74. The highest BCUT2D eigenvalue weighted by Gasteiger charge is 2.45. The minimum Gasteiger partial charge on any atom is -0.481 e. The van der Waals surface area contributed by atoms with Gasteiger partial charge in [0.25, 0.3) is 0 Å². The van der Waals surface area contributed by atoms with Crippen molar-refractivity contribution in [2.75, 3.05) is 6.61 Å². The third-order valence-electron chi connectivity index (χ3n) is 9.30. The first kappa shape index (κ1) is 49.6. The fourth-order valence-corrected chi connectivity index (χ4v) is 6.45. The van der Waals surface area contributed by atoms with Crippen molar-refractivity contribution in [3.63, 3.8) is 0 Å². The number of esters is 3. The van der Waals surface area contributed by atoms with Crippen molar-refractivity contribution in [3.05, 3.63) is 0 Å². The lowest BCUT2D eigenvalue weighted by Crippen LogP contribution is -2.59. The Labute approximate surface area is 319 Å². The van der Waals surface area contributed by atoms with E-state index in [4.69, 9.17) is 28.8 Å². The summed E-state index contributed by atoms with van der Waals surface area (Å²) in [4.78, 5) is 49.3. The third kappa shape index (κ3) is 21.0. The molecule has 1 aliphatic heterocycles. The van der Waals surface area contributed by atoms with E-state index in [0.29, 0.717) is 38.5 Å². The predicted molar refractivity (Wildman–Crippen MR) is 194 cm³/mol. The number of hydrogen-bond acceptors (Lipinski definition) is 15. The van der Waals surface area contributed by atoms with Crippen molar-refractivity contribution in [2.45, 2.75) is 211 Å². The van der Waals surface area contributed by atoms with Gasteiger partial charge >= 0.3 is 23.9 Å². The molecule has 7 N–H and O–H groups in total. The van der Waals surface area contributed by atoms with Crippen molar-refractivity contribution in [1.29, 1.82) is 0 Å². The molecule has 0 radical (unpaired) electrons. The summed E-state index contributed by atoms with van der Waals surface area (Å²) >= 11 is 0. The SMILES string of the molecule is CCCCCC(CC(CC(=O)OC(CCCCC)CC(O)CC(=O)OC(CCCCC)CC(O)CC(=O)O)OC1OC(CO)C(O)C(O)C1O)OC(C)=O. The lowest BCUT2D eigenvalue weighted by molar-refractivity contribution is -0.312. The smallest absolute Gasteiger partial charge is 0.308 e. The normalized spacial score (nSPS) is 23.4. The number of aliphatic hydroxyl groups excluding tert-OH is 6. The molecule has 316 valence electrons. The molecule has 0 aliphatic carbocycles. The van der Waals surface area contributed by atoms with Crippen LogP contribution in [0, 0.1) is 0 Å². The fourth-order valence-electron chi connectivity index (χ4n) is 6.45. The lowest BCUT2D eigenvalue weighted by atomic mass is 9.98. The van der Waals surface area contributed by atoms with Crippen molar-refractivity contribution in [2.24, 2.45) is 0 Å². The molecule has 0 saturated carbocycles. The molecule has 16 nitrogen and oxygen atoms in total. The van der Waals surface area contributed by atoms with Crippen LogP contribution in [0.15, 0.2) is 0 Å². The maximum Gasteiger partial charge on any atom is 0.308 e. The Kier molecular flexibility index (Phi) is 25.7. The summed E-state index contributed by atoms with van der Waals surface area (Å²) in [6.45, 7) is 6.58. The molecule has 0 aromatic heterocycles. The zero-order valence-electron chi connectivity index (χ0n) is 32.6. The van der Waals surface area contributed by atoms with Gasteiger partial charge in [0, 0.05) is 26.2 Å². The van der Waals surface area contributed by atoms with E-state index in [0.717, 1.165) is 38.5 Å². The number of carboxylic acids is 1. The van der Waals surface area contributed by atoms with E-state index in [1.807, 2.05) is 20.8 Å². The van der Waals surface area contributed by atoms with E-state index in [2.05, 4.69) is 0 Å². The van der Waals surface area contributed by atoms with Crippen molar-refractivity contribution in [1.82, 2.24) is 0 Å². The highest BCUT2D eigenvalue weighted by molar-refractivity contribution is 5.71. The van der Waals surface area contributed by atoms with Crippen molar-refractivity contribution >= 4 is 23.9 Å². The maximum absolute atomic E-state index is 13.5. The molecule has 54 heavy (non-hydrogen) atoms. The molecule has 11 unspecified atom stereocenters. The number of aliphatic carboxylic acids is 1. The van der Waals surface area contributed by atoms with Crippen LogP contribution in [-0.2, 0) is 42.9 Å². The molecule has 11 atom stereocenters. The maximum atomic E-state index is 13.5. The number of aliphatic hydroxyl groups is 6. The number of hydrogen-bond donors (Lipinski definition) is 7. The molecule has 0 amide bonds. The second kappa shape index (κ2) is 28.0. The van der Waals surface area contributed by atoms with E-state index in [1.54, 1.807) is 0 Å². The molecule has 0 bridgehead atoms. The molecule has 1 rings (SSSR count). The van der Waals surface area contributed by atoms with Crippen LogP contribution in [0.5, 0.6) is 0 Å². The zero-order chi connectivity index (χ0) is 40.6. The summed E-state index contributed by atoms with van der Waals surface area (Å²) in [5.41, 5.74) is 0. The van der Waals surface area contributed by atoms with Crippen LogP contribution < -0.4 is 0 Å². The molecule has 1 saturated heterocycles. The van der Waals surface area contributed by atoms with Crippen LogP contribution in [-0.4, -0.2) is 134 Å². The fraction of sp³-hybridized carbons (Fsp3) is 0.895. The Morgan fingerprint density at radius 1 is 0.611 bits per heavy atom. The molecule has 0 aromatic rings. The van der Waals surface area contributed by atoms with E-state index in [-0.39, 0.29) is 19.3 Å². The Morgan fingerprint density at radius 3 is 1.52 bits per heavy atom. The van der Waals surface area contributed by atoms with Gasteiger partial charge in [-0.05, 0) is 38.5 Å². The monoisotopic (exact) mass is 780 g/mol. The Morgan fingerprint density at radius 2 is 1.07 bits per heavy atom. The predicted octanol–water partition coefficient (Wildman–Crippen LogP) is 2.81. The van der Waals surface area contributed by atoms with Gasteiger partial charge in [-0.15, -0.1) is 0 Å². The summed E-state index contributed by atoms with van der Waals surface area (Å²) in [7, 11) is 0. The molecule has 0 aromatic carbocycles. The van der Waals surface area contributed by atoms with E-state index < -0.39 is 117 Å². The van der Waals surface area contributed by atoms with E-state index in [1.165, 1.54) is 6.92 Å². The second-order valence-electron chi connectivity index (χ2n) is 14.4. The van der Waals surface area contributed by atoms with Gasteiger partial charge in [0.15, 0.2) is 6.29 Å². The standard InChI is InChI=1S/C38H68O16/c1-5-8-11-14-27(17-25(41)19-32(43)44)51-33(45)20-26(42)18-28(15-12-9-6-2)52-34(46)22-30(21-29(50-24(4)40)16-13-10-7-3)53-38-37(49)36(48)35(47)31(23-39)54-38/h25-31,35-39,41-42,47-49H,5-23H2,1-4H3,(H,43,44). The summed E-state index contributed by atoms with van der Waals surface area (Å²) < 4.78 is 28.4. The zero-order valence-corrected chi connectivity index (χ0v) is 32.6. The molecular formula is C38H68O16. The van der Waals surface area contributed by atoms with E-state index >= 15 is 0 Å². The van der Waals surface area contributed by atoms with Gasteiger partial charge in [-0.1, -0.05) is 59.3 Å². The highest BCUT2D eigenvalue weighted by Crippen LogP contribution is 2.27. The Bertz CT molecular complexity index is 1060. The molecular weight excluding hydrogens is 712 g/mol. The largest absolute Gasteiger partial charge is 0.481 e. The van der Waals surface area contributed by atoms with Crippen LogP contribution in [0.2, 0.25) is 0 Å². The third-order valence-corrected chi connectivity index (χ3v) is 9.30. The van der Waals surface area contributed by atoms with Gasteiger partial charge in [0.2, 0.25) is 0 Å². The average molecular weight is 781 g/mol. The van der Waals surface area contributed by atoms with Crippen molar-refractivity contribution in [3.8, 4) is 0 Å². The number of rotatable bonds is 30. The summed E-state index contributed by atoms with van der Waals surface area (Å²) in [6, 6.07) is 0. The number of carbonyl (C=O) groups excluding carboxylic acids is 3. The average Bonchev–Trinajstić information content (AvgIpc) is 3.07. The quantitative estimate of drug-likeness (QED) is 0.0314. The molecule has 1 fully saturated rings. The van der Waals surface area contributed by atoms with Crippen LogP contribution >= 0.6 is 0 Å². The molecule has 1 heterocycles. The Hall–Kier alpha value is -2.44. The number of carbonyl (C=O) groups is 4. The van der Waals surface area contributed by atoms with Gasteiger partial charge < -0.3 is 59.4 Å². The number of unbranched alkanes of at least 4 members (excludes halogenated alkanes) is 6. The van der Waals surface area contributed by atoms with Crippen molar-refractivity contribution < 1.29 is 78.6 Å². The Balaban J connectivity index is 3.10. The van der Waals surface area contributed by atoms with Gasteiger partial charge in [0.05, 0.1) is 44.2 Å². The lowest BCUT2D eigenvalue weighted by Gasteiger charge is -2.41. The van der Waals surface area contributed by atoms with Gasteiger partial charge in [-0.2, -0.15) is 0 Å². The summed E-state index contributed by atoms with van der Waals surface area (Å²) in [5.74, 6) is -3.21. The van der Waals surface area contributed by atoms with E-state index in [9.17, 15) is 49.8 Å². The van der Waals surface area contributed by atoms with Gasteiger partial charge in [-0.3, -0.25) is 19.2 Å². The first-order valence-corrected chi connectivity index (χ1v) is 19.7. The van der Waals surface area contributed by atoms with Gasteiger partial charge in [0.1, 0.15) is 42.7 Å². The van der Waals surface area contributed by atoms with Crippen LogP contribution in [0.25, 0.3) is 0 Å². The summed E-state index contributed by atoms with van der Waals surface area (Å²) in [6.07, 6.45) is -6.64. The summed E-state index contributed by atoms with van der Waals surface area (Å²) in [5, 5.41) is 70.9.